The van der Waals surface area contributed by atoms with Gasteiger partial charge >= 0.3 is 5.97 Å². The van der Waals surface area contributed by atoms with E-state index in [4.69, 9.17) is 4.74 Å². The highest BCUT2D eigenvalue weighted by Crippen LogP contribution is 2.32. The lowest BCUT2D eigenvalue weighted by Gasteiger charge is -2.38. The molecule has 0 aromatic heterocycles. The van der Waals surface area contributed by atoms with Crippen LogP contribution < -0.4 is 0 Å². The molecule has 0 atom stereocenters. The molecule has 5 nitrogen and oxygen atoms in total. The fourth-order valence-corrected chi connectivity index (χ4v) is 2.72. The summed E-state index contributed by atoms with van der Waals surface area (Å²) >= 11 is 0. The predicted molar refractivity (Wildman–Crippen MR) is 80.0 cm³/mol. The molecule has 0 aromatic rings. The van der Waals surface area contributed by atoms with Crippen LogP contribution in [0.1, 0.15) is 26.7 Å². The van der Waals surface area contributed by atoms with Crippen molar-refractivity contribution in [1.29, 1.82) is 0 Å². The van der Waals surface area contributed by atoms with E-state index in [1.807, 2.05) is 0 Å². The third-order valence-corrected chi connectivity index (χ3v) is 3.92. The minimum absolute atomic E-state index is 0.544. The van der Waals surface area contributed by atoms with E-state index in [0.29, 0.717) is 38.5 Å². The van der Waals surface area contributed by atoms with Crippen LogP contribution in [0, 0.1) is 11.3 Å². The van der Waals surface area contributed by atoms with Gasteiger partial charge in [0.25, 0.3) is 0 Å². The number of ether oxygens (including phenoxy) is 1. The van der Waals surface area contributed by atoms with Crippen LogP contribution in [0.3, 0.4) is 0 Å². The number of nitrogens with zero attached hydrogens (tertiary/aromatic N) is 2. The van der Waals surface area contributed by atoms with E-state index in [1.165, 1.54) is 0 Å². The molecule has 1 rings (SSSR count). The summed E-state index contributed by atoms with van der Waals surface area (Å²) in [4.78, 5) is 16.2. The number of hydrogen-bond acceptors (Lipinski definition) is 4. The van der Waals surface area contributed by atoms with Gasteiger partial charge in [-0.15, -0.1) is 0 Å². The Bertz CT molecular complexity index is 299. The molecule has 0 unspecified atom stereocenters. The fraction of sp³-hybridized carbons (Fsp3) is 0.933. The summed E-state index contributed by atoms with van der Waals surface area (Å²) in [6, 6.07) is 0. The Labute approximate surface area is 122 Å². The van der Waals surface area contributed by atoms with Gasteiger partial charge < -0.3 is 19.6 Å². The normalized spacial score (nSPS) is 18.9. The Kier molecular flexibility index (Phi) is 6.92. The zero-order valence-electron chi connectivity index (χ0n) is 13.4. The van der Waals surface area contributed by atoms with Gasteiger partial charge in [-0.05, 0) is 32.9 Å². The summed E-state index contributed by atoms with van der Waals surface area (Å²) < 4.78 is 5.35. The van der Waals surface area contributed by atoms with Gasteiger partial charge in [-0.2, -0.15) is 0 Å². The molecule has 0 radical (unpaired) electrons. The van der Waals surface area contributed by atoms with Crippen molar-refractivity contribution >= 4 is 5.97 Å². The van der Waals surface area contributed by atoms with Crippen molar-refractivity contribution < 1.29 is 14.6 Å². The van der Waals surface area contributed by atoms with Gasteiger partial charge in [0.15, 0.2) is 0 Å². The number of hydrogen-bond donors (Lipinski definition) is 1. The molecule has 1 aliphatic heterocycles. The second-order valence-corrected chi connectivity index (χ2v) is 6.63. The van der Waals surface area contributed by atoms with Gasteiger partial charge in [-0.3, -0.25) is 4.79 Å². The second-order valence-electron chi connectivity index (χ2n) is 6.63. The summed E-state index contributed by atoms with van der Waals surface area (Å²) in [6.45, 7) is 8.95. The average Bonchev–Trinajstić information content (AvgIpc) is 2.36. The maximum atomic E-state index is 11.7. The SMILES string of the molecule is CC(C)CN(CCN(C)C)CC1(C(=O)O)CCOCC1. The van der Waals surface area contributed by atoms with Crippen LogP contribution in [0.5, 0.6) is 0 Å². The number of likely N-dealkylation sites (N-methyl/N-ethyl adjacent to an activating group) is 1. The van der Waals surface area contributed by atoms with Crippen LogP contribution in [-0.2, 0) is 9.53 Å². The van der Waals surface area contributed by atoms with Gasteiger partial charge in [-0.25, -0.2) is 0 Å². The summed E-state index contributed by atoms with van der Waals surface area (Å²) in [5.41, 5.74) is -0.626. The second kappa shape index (κ2) is 7.96. The molecule has 1 N–H and O–H groups in total. The van der Waals surface area contributed by atoms with Gasteiger partial charge in [0.2, 0.25) is 0 Å². The highest BCUT2D eigenvalue weighted by molar-refractivity contribution is 5.75. The molecule has 0 amide bonds. The van der Waals surface area contributed by atoms with E-state index in [2.05, 4.69) is 37.7 Å². The van der Waals surface area contributed by atoms with Crippen LogP contribution in [0.2, 0.25) is 0 Å². The lowest BCUT2D eigenvalue weighted by molar-refractivity contribution is -0.156. The van der Waals surface area contributed by atoms with E-state index in [9.17, 15) is 9.90 Å². The lowest BCUT2D eigenvalue weighted by atomic mass is 9.79. The summed E-state index contributed by atoms with van der Waals surface area (Å²) in [5, 5.41) is 9.66. The third kappa shape index (κ3) is 5.38. The Balaban J connectivity index is 2.70. The molecule has 118 valence electrons. The molecule has 20 heavy (non-hydrogen) atoms. The van der Waals surface area contributed by atoms with Crippen molar-refractivity contribution in [3.05, 3.63) is 0 Å². The predicted octanol–water partition coefficient (Wildman–Crippen LogP) is 1.39. The van der Waals surface area contributed by atoms with Crippen molar-refractivity contribution in [2.75, 3.05) is 53.5 Å². The lowest BCUT2D eigenvalue weighted by Crippen LogP contribution is -2.48. The van der Waals surface area contributed by atoms with Gasteiger partial charge in [0.1, 0.15) is 0 Å². The zero-order chi connectivity index (χ0) is 15.2. The molecule has 1 aliphatic rings. The number of carboxylic acids is 1. The van der Waals surface area contributed by atoms with Gasteiger partial charge in [0.05, 0.1) is 5.41 Å². The molecular formula is C15H30N2O3. The molecule has 5 heteroatoms. The van der Waals surface area contributed by atoms with Crippen molar-refractivity contribution in [1.82, 2.24) is 9.80 Å². The molecule has 0 bridgehead atoms. The quantitative estimate of drug-likeness (QED) is 0.731. The Morgan fingerprint density at radius 1 is 1.25 bits per heavy atom. The van der Waals surface area contributed by atoms with Crippen LogP contribution in [-0.4, -0.2) is 74.4 Å². The Morgan fingerprint density at radius 2 is 1.85 bits per heavy atom. The van der Waals surface area contributed by atoms with Crippen molar-refractivity contribution in [2.45, 2.75) is 26.7 Å². The number of aliphatic carboxylic acids is 1. The Hall–Kier alpha value is -0.650. The number of rotatable bonds is 8. The molecule has 0 aliphatic carbocycles. The number of carboxylic acid groups (broad SMARTS) is 1. The topological polar surface area (TPSA) is 53.0 Å². The first-order valence-corrected chi connectivity index (χ1v) is 7.54. The van der Waals surface area contributed by atoms with E-state index < -0.39 is 11.4 Å². The number of carbonyl (C=O) groups is 1. The standard InChI is InChI=1S/C15H30N2O3/c1-13(2)11-17(8-7-16(3)4)12-15(14(18)19)5-9-20-10-6-15/h13H,5-12H2,1-4H3,(H,18,19). The largest absolute Gasteiger partial charge is 0.481 e. The third-order valence-electron chi connectivity index (χ3n) is 3.92. The van der Waals surface area contributed by atoms with E-state index in [0.717, 1.165) is 19.6 Å². The average molecular weight is 286 g/mol. The van der Waals surface area contributed by atoms with Crippen LogP contribution >= 0.6 is 0 Å². The van der Waals surface area contributed by atoms with Crippen molar-refractivity contribution in [3.63, 3.8) is 0 Å². The van der Waals surface area contributed by atoms with Crippen molar-refractivity contribution in [3.8, 4) is 0 Å². The van der Waals surface area contributed by atoms with E-state index in [-0.39, 0.29) is 0 Å². The first-order chi connectivity index (χ1) is 9.35. The zero-order valence-corrected chi connectivity index (χ0v) is 13.4. The molecule has 0 aromatic carbocycles. The first-order valence-electron chi connectivity index (χ1n) is 7.54. The minimum atomic E-state index is -0.667. The van der Waals surface area contributed by atoms with Gasteiger partial charge in [0, 0.05) is 39.4 Å². The first kappa shape index (κ1) is 17.4. The van der Waals surface area contributed by atoms with Gasteiger partial charge in [-0.1, -0.05) is 13.8 Å². The molecule has 0 spiro atoms. The highest BCUT2D eigenvalue weighted by atomic mass is 16.5. The Morgan fingerprint density at radius 3 is 2.30 bits per heavy atom. The van der Waals surface area contributed by atoms with Crippen molar-refractivity contribution in [2.24, 2.45) is 11.3 Å². The minimum Gasteiger partial charge on any atom is -0.481 e. The van der Waals surface area contributed by atoms with Crippen LogP contribution in [0.4, 0.5) is 0 Å². The highest BCUT2D eigenvalue weighted by Gasteiger charge is 2.41. The summed E-state index contributed by atoms with van der Waals surface area (Å²) in [5.74, 6) is -0.123. The summed E-state index contributed by atoms with van der Waals surface area (Å²) in [7, 11) is 4.10. The molecular weight excluding hydrogens is 256 g/mol. The van der Waals surface area contributed by atoms with Crippen LogP contribution in [0.25, 0.3) is 0 Å². The monoisotopic (exact) mass is 286 g/mol. The maximum Gasteiger partial charge on any atom is 0.311 e. The molecule has 1 fully saturated rings. The van der Waals surface area contributed by atoms with Crippen LogP contribution in [0.15, 0.2) is 0 Å². The molecule has 0 saturated carbocycles. The van der Waals surface area contributed by atoms with E-state index in [1.54, 1.807) is 0 Å². The van der Waals surface area contributed by atoms with E-state index >= 15 is 0 Å². The molecule has 1 saturated heterocycles. The molecule has 1 heterocycles. The summed E-state index contributed by atoms with van der Waals surface area (Å²) in [6.07, 6.45) is 1.25. The fourth-order valence-electron chi connectivity index (χ4n) is 2.72. The maximum absolute atomic E-state index is 11.7. The smallest absolute Gasteiger partial charge is 0.311 e.